The Bertz CT molecular complexity index is 448. The molecule has 0 spiro atoms. The molecular weight excluding hydrogens is 236 g/mol. The fourth-order valence-corrected chi connectivity index (χ4v) is 1.72. The van der Waals surface area contributed by atoms with Gasteiger partial charge < -0.3 is 14.2 Å². The third kappa shape index (κ3) is 2.87. The number of rotatable bonds is 3. The maximum atomic E-state index is 11.8. The van der Waals surface area contributed by atoms with Crippen LogP contribution in [0.25, 0.3) is 0 Å². The molecule has 18 heavy (non-hydrogen) atoms. The first-order valence-corrected chi connectivity index (χ1v) is 5.68. The summed E-state index contributed by atoms with van der Waals surface area (Å²) in [6.07, 6.45) is 0.516. The van der Waals surface area contributed by atoms with Gasteiger partial charge in [-0.1, -0.05) is 6.07 Å². The molecule has 0 saturated carbocycles. The zero-order chi connectivity index (χ0) is 13.0. The van der Waals surface area contributed by atoms with Crippen molar-refractivity contribution >= 4 is 11.9 Å². The maximum Gasteiger partial charge on any atom is 0.338 e. The number of esters is 2. The van der Waals surface area contributed by atoms with Gasteiger partial charge in [0.2, 0.25) is 0 Å². The Labute approximate surface area is 105 Å². The summed E-state index contributed by atoms with van der Waals surface area (Å²) in [7, 11) is 1.29. The normalized spacial score (nSPS) is 18.4. The first kappa shape index (κ1) is 12.6. The lowest BCUT2D eigenvalue weighted by atomic mass is 10.1. The molecule has 96 valence electrons. The molecule has 0 bridgehead atoms. The van der Waals surface area contributed by atoms with Crippen molar-refractivity contribution in [3.8, 4) is 0 Å². The smallest absolute Gasteiger partial charge is 0.338 e. The third-order valence-electron chi connectivity index (χ3n) is 2.68. The zero-order valence-corrected chi connectivity index (χ0v) is 10.0. The van der Waals surface area contributed by atoms with E-state index in [4.69, 9.17) is 9.47 Å². The molecule has 1 saturated heterocycles. The predicted molar refractivity (Wildman–Crippen MR) is 62.4 cm³/mol. The van der Waals surface area contributed by atoms with E-state index in [2.05, 4.69) is 4.74 Å². The summed E-state index contributed by atoms with van der Waals surface area (Å²) in [5, 5.41) is 0. The number of hydrogen-bond donors (Lipinski definition) is 0. The van der Waals surface area contributed by atoms with Crippen LogP contribution in [0.15, 0.2) is 24.3 Å². The fraction of sp³-hybridized carbons (Fsp3) is 0.385. The van der Waals surface area contributed by atoms with E-state index in [0.29, 0.717) is 30.8 Å². The molecule has 0 N–H and O–H groups in total. The molecule has 1 fully saturated rings. The Kier molecular flexibility index (Phi) is 3.94. The van der Waals surface area contributed by atoms with Gasteiger partial charge in [-0.15, -0.1) is 0 Å². The minimum Gasteiger partial charge on any atom is -0.465 e. The first-order valence-electron chi connectivity index (χ1n) is 5.68. The Morgan fingerprint density at radius 1 is 1.28 bits per heavy atom. The molecule has 2 rings (SSSR count). The molecule has 1 aliphatic heterocycles. The van der Waals surface area contributed by atoms with Crippen LogP contribution in [0.3, 0.4) is 0 Å². The number of ether oxygens (including phenoxy) is 3. The number of hydrogen-bond acceptors (Lipinski definition) is 5. The highest BCUT2D eigenvalue weighted by Gasteiger charge is 2.21. The van der Waals surface area contributed by atoms with Crippen molar-refractivity contribution in [1.82, 2.24) is 0 Å². The highest BCUT2D eigenvalue weighted by atomic mass is 16.6. The van der Waals surface area contributed by atoms with Gasteiger partial charge in [0, 0.05) is 6.42 Å². The summed E-state index contributed by atoms with van der Waals surface area (Å²) in [5.41, 5.74) is 0.666. The Hall–Kier alpha value is -1.88. The molecule has 1 aliphatic rings. The standard InChI is InChI=1S/C13H14O5/c1-16-12(14)9-3-2-4-10(7-9)13(15)18-11-5-6-17-8-11/h2-4,7,11H,5-6,8H2,1H3. The van der Waals surface area contributed by atoms with E-state index >= 15 is 0 Å². The number of methoxy groups -OCH3 is 1. The molecule has 1 atom stereocenters. The topological polar surface area (TPSA) is 61.8 Å². The fourth-order valence-electron chi connectivity index (χ4n) is 1.72. The number of benzene rings is 1. The molecule has 1 aromatic rings. The summed E-state index contributed by atoms with van der Waals surface area (Å²) >= 11 is 0. The molecule has 1 aromatic carbocycles. The van der Waals surface area contributed by atoms with Gasteiger partial charge in [-0.2, -0.15) is 0 Å². The Morgan fingerprint density at radius 3 is 2.61 bits per heavy atom. The van der Waals surface area contributed by atoms with Crippen LogP contribution in [-0.4, -0.2) is 38.4 Å². The van der Waals surface area contributed by atoms with Gasteiger partial charge in [0.15, 0.2) is 0 Å². The van der Waals surface area contributed by atoms with Crippen LogP contribution in [0.4, 0.5) is 0 Å². The average molecular weight is 250 g/mol. The van der Waals surface area contributed by atoms with Crippen molar-refractivity contribution in [2.24, 2.45) is 0 Å². The van der Waals surface area contributed by atoms with E-state index in [1.54, 1.807) is 18.2 Å². The van der Waals surface area contributed by atoms with E-state index in [9.17, 15) is 9.59 Å². The van der Waals surface area contributed by atoms with Crippen LogP contribution in [0.1, 0.15) is 27.1 Å². The summed E-state index contributed by atoms with van der Waals surface area (Å²) in [6.45, 7) is 1.04. The Morgan fingerprint density at radius 2 is 2.00 bits per heavy atom. The summed E-state index contributed by atoms with van der Waals surface area (Å²) in [4.78, 5) is 23.2. The maximum absolute atomic E-state index is 11.8. The first-order chi connectivity index (χ1) is 8.70. The summed E-state index contributed by atoms with van der Waals surface area (Å²) in [5.74, 6) is -0.926. The van der Waals surface area contributed by atoms with Gasteiger partial charge in [-0.3, -0.25) is 0 Å². The minimum atomic E-state index is -0.478. The van der Waals surface area contributed by atoms with Crippen LogP contribution in [-0.2, 0) is 14.2 Å². The Balaban J connectivity index is 2.07. The molecule has 0 amide bonds. The lowest BCUT2D eigenvalue weighted by Crippen LogP contribution is -2.18. The predicted octanol–water partition coefficient (Wildman–Crippen LogP) is 1.42. The van der Waals surface area contributed by atoms with Crippen molar-refractivity contribution in [3.63, 3.8) is 0 Å². The van der Waals surface area contributed by atoms with Crippen LogP contribution >= 0.6 is 0 Å². The largest absolute Gasteiger partial charge is 0.465 e. The lowest BCUT2D eigenvalue weighted by Gasteiger charge is -2.10. The molecule has 0 radical (unpaired) electrons. The van der Waals surface area contributed by atoms with Crippen molar-refractivity contribution in [3.05, 3.63) is 35.4 Å². The van der Waals surface area contributed by atoms with Crippen molar-refractivity contribution in [2.45, 2.75) is 12.5 Å². The van der Waals surface area contributed by atoms with Gasteiger partial charge >= 0.3 is 11.9 Å². The van der Waals surface area contributed by atoms with Gasteiger partial charge in [0.05, 0.1) is 31.5 Å². The monoisotopic (exact) mass is 250 g/mol. The van der Waals surface area contributed by atoms with Crippen LogP contribution in [0, 0.1) is 0 Å². The molecule has 5 nitrogen and oxygen atoms in total. The van der Waals surface area contributed by atoms with E-state index in [-0.39, 0.29) is 6.10 Å². The lowest BCUT2D eigenvalue weighted by molar-refractivity contribution is 0.0270. The summed E-state index contributed by atoms with van der Waals surface area (Å²) < 4.78 is 15.0. The molecular formula is C13H14O5. The van der Waals surface area contributed by atoms with Gasteiger partial charge in [-0.05, 0) is 18.2 Å². The minimum absolute atomic E-state index is 0.195. The highest BCUT2D eigenvalue weighted by molar-refractivity contribution is 5.95. The molecule has 5 heteroatoms. The zero-order valence-electron chi connectivity index (χ0n) is 10.0. The van der Waals surface area contributed by atoms with Gasteiger partial charge in [0.1, 0.15) is 6.10 Å². The molecule has 0 aromatic heterocycles. The average Bonchev–Trinajstić information content (AvgIpc) is 2.90. The van der Waals surface area contributed by atoms with Crippen molar-refractivity contribution in [1.29, 1.82) is 0 Å². The van der Waals surface area contributed by atoms with Crippen LogP contribution in [0.2, 0.25) is 0 Å². The van der Waals surface area contributed by atoms with E-state index in [1.165, 1.54) is 13.2 Å². The van der Waals surface area contributed by atoms with Crippen molar-refractivity contribution in [2.75, 3.05) is 20.3 Å². The molecule has 1 unspecified atom stereocenters. The summed E-state index contributed by atoms with van der Waals surface area (Å²) in [6, 6.07) is 6.27. The second-order valence-corrected chi connectivity index (χ2v) is 3.96. The van der Waals surface area contributed by atoms with Crippen LogP contribution < -0.4 is 0 Å². The third-order valence-corrected chi connectivity index (χ3v) is 2.68. The van der Waals surface area contributed by atoms with Gasteiger partial charge in [0.25, 0.3) is 0 Å². The number of carbonyl (C=O) groups excluding carboxylic acids is 2. The van der Waals surface area contributed by atoms with Crippen molar-refractivity contribution < 1.29 is 23.8 Å². The highest BCUT2D eigenvalue weighted by Crippen LogP contribution is 2.13. The van der Waals surface area contributed by atoms with E-state index in [0.717, 1.165) is 0 Å². The van der Waals surface area contributed by atoms with E-state index in [1.807, 2.05) is 0 Å². The quantitative estimate of drug-likeness (QED) is 0.759. The molecule has 0 aliphatic carbocycles. The number of carbonyl (C=O) groups is 2. The van der Waals surface area contributed by atoms with E-state index < -0.39 is 11.9 Å². The SMILES string of the molecule is COC(=O)c1cccc(C(=O)OC2CCOC2)c1. The second kappa shape index (κ2) is 5.64. The van der Waals surface area contributed by atoms with Crippen LogP contribution in [0.5, 0.6) is 0 Å². The second-order valence-electron chi connectivity index (χ2n) is 3.96. The molecule has 1 heterocycles. The van der Waals surface area contributed by atoms with Gasteiger partial charge in [-0.25, -0.2) is 9.59 Å².